The molecule has 0 bridgehead atoms. The van der Waals surface area contributed by atoms with Crippen LogP contribution in [-0.4, -0.2) is 50.0 Å². The molecule has 0 saturated heterocycles. The van der Waals surface area contributed by atoms with Crippen LogP contribution in [0.15, 0.2) is 42.5 Å². The molecule has 0 spiro atoms. The van der Waals surface area contributed by atoms with Crippen molar-refractivity contribution in [2.24, 2.45) is 0 Å². The quantitative estimate of drug-likeness (QED) is 0.502. The summed E-state index contributed by atoms with van der Waals surface area (Å²) in [5, 5.41) is 2.98. The van der Waals surface area contributed by atoms with Gasteiger partial charge in [-0.1, -0.05) is 55.8 Å². The topological polar surface area (TPSA) is 86.8 Å². The fourth-order valence-corrected chi connectivity index (χ4v) is 4.73. The maximum absolute atomic E-state index is 13.7. The van der Waals surface area contributed by atoms with Crippen LogP contribution >= 0.6 is 0 Å². The number of amides is 2. The first-order valence-corrected chi connectivity index (χ1v) is 13.9. The van der Waals surface area contributed by atoms with Gasteiger partial charge in [0, 0.05) is 12.6 Å². The van der Waals surface area contributed by atoms with E-state index in [4.69, 9.17) is 0 Å². The lowest BCUT2D eigenvalue weighted by Gasteiger charge is -2.33. The van der Waals surface area contributed by atoms with Crippen LogP contribution in [0.1, 0.15) is 55.9 Å². The van der Waals surface area contributed by atoms with Crippen molar-refractivity contribution in [2.75, 3.05) is 17.1 Å². The second-order valence-corrected chi connectivity index (χ2v) is 11.2. The number of carbonyl (C=O) groups excluding carboxylic acids is 2. The smallest absolute Gasteiger partial charge is 0.244 e. The van der Waals surface area contributed by atoms with E-state index in [0.29, 0.717) is 12.1 Å². The molecular weight excluding hydrogens is 462 g/mol. The Bertz CT molecular complexity index is 1130. The predicted molar refractivity (Wildman–Crippen MR) is 142 cm³/mol. The van der Waals surface area contributed by atoms with Crippen LogP contribution in [0.5, 0.6) is 0 Å². The highest BCUT2D eigenvalue weighted by molar-refractivity contribution is 7.92. The third kappa shape index (κ3) is 7.82. The summed E-state index contributed by atoms with van der Waals surface area (Å²) in [5.74, 6) is -0.664. The van der Waals surface area contributed by atoms with Gasteiger partial charge in [-0.25, -0.2) is 8.42 Å². The third-order valence-corrected chi connectivity index (χ3v) is 7.30. The van der Waals surface area contributed by atoms with Crippen molar-refractivity contribution in [1.29, 1.82) is 0 Å². The van der Waals surface area contributed by atoms with Crippen molar-refractivity contribution in [3.05, 3.63) is 64.7 Å². The number of carbonyl (C=O) groups is 2. The first-order valence-electron chi connectivity index (χ1n) is 12.1. The molecule has 0 heterocycles. The molecule has 8 heteroatoms. The normalized spacial score (nSPS) is 13.1. The lowest BCUT2D eigenvalue weighted by Crippen LogP contribution is -2.53. The Morgan fingerprint density at radius 3 is 2.09 bits per heavy atom. The number of nitrogens with zero attached hydrogens (tertiary/aromatic N) is 2. The van der Waals surface area contributed by atoms with Crippen molar-refractivity contribution >= 4 is 27.5 Å². The zero-order chi connectivity index (χ0) is 26.3. The molecule has 7 nitrogen and oxygen atoms in total. The Morgan fingerprint density at radius 1 is 0.943 bits per heavy atom. The van der Waals surface area contributed by atoms with Gasteiger partial charge in [0.05, 0.1) is 11.9 Å². The van der Waals surface area contributed by atoms with Crippen LogP contribution in [0.3, 0.4) is 0 Å². The molecule has 0 fully saturated rings. The molecule has 0 aromatic heterocycles. The van der Waals surface area contributed by atoms with Gasteiger partial charge < -0.3 is 10.2 Å². The van der Waals surface area contributed by atoms with Crippen LogP contribution in [-0.2, 0) is 26.2 Å². The predicted octanol–water partition coefficient (Wildman–Crippen LogP) is 4.10. The fraction of sp³-hybridized carbons (Fsp3) is 0.481. The molecule has 0 saturated carbocycles. The zero-order valence-corrected chi connectivity index (χ0v) is 22.8. The minimum Gasteiger partial charge on any atom is -0.352 e. The van der Waals surface area contributed by atoms with Crippen molar-refractivity contribution in [2.45, 2.75) is 73.0 Å². The summed E-state index contributed by atoms with van der Waals surface area (Å²) in [5.41, 5.74) is 4.07. The van der Waals surface area contributed by atoms with Gasteiger partial charge in [0.15, 0.2) is 0 Å². The van der Waals surface area contributed by atoms with Crippen molar-refractivity contribution < 1.29 is 18.0 Å². The summed E-state index contributed by atoms with van der Waals surface area (Å²) in [6.07, 6.45) is 2.27. The SMILES string of the molecule is CC[C@H](C(=O)N[C@@H](C)CC)N(Cc1ccc(C)cc1)C(=O)CN(c1cc(C)ccc1C)S(C)(=O)=O. The molecule has 192 valence electrons. The molecule has 0 aliphatic rings. The average molecular weight is 502 g/mol. The summed E-state index contributed by atoms with van der Waals surface area (Å²) in [6.45, 7) is 11.2. The summed E-state index contributed by atoms with van der Waals surface area (Å²) < 4.78 is 26.7. The summed E-state index contributed by atoms with van der Waals surface area (Å²) in [4.78, 5) is 28.4. The second-order valence-electron chi connectivity index (χ2n) is 9.31. The average Bonchev–Trinajstić information content (AvgIpc) is 2.79. The maximum atomic E-state index is 13.7. The largest absolute Gasteiger partial charge is 0.352 e. The fourth-order valence-electron chi connectivity index (χ4n) is 3.83. The molecule has 2 aromatic carbocycles. The Labute approximate surface area is 210 Å². The van der Waals surface area contributed by atoms with Gasteiger partial charge in [-0.15, -0.1) is 0 Å². The summed E-state index contributed by atoms with van der Waals surface area (Å²) in [6, 6.07) is 12.5. The molecule has 2 atom stereocenters. The van der Waals surface area contributed by atoms with Crippen molar-refractivity contribution in [1.82, 2.24) is 10.2 Å². The number of benzene rings is 2. The molecule has 2 aromatic rings. The number of hydrogen-bond donors (Lipinski definition) is 1. The van der Waals surface area contributed by atoms with Gasteiger partial charge in [0.2, 0.25) is 21.8 Å². The molecule has 0 radical (unpaired) electrons. The van der Waals surface area contributed by atoms with Gasteiger partial charge in [-0.2, -0.15) is 0 Å². The van der Waals surface area contributed by atoms with E-state index < -0.39 is 22.0 Å². The minimum absolute atomic E-state index is 0.0321. The van der Waals surface area contributed by atoms with E-state index in [1.54, 1.807) is 6.07 Å². The van der Waals surface area contributed by atoms with E-state index in [1.165, 1.54) is 4.90 Å². The highest BCUT2D eigenvalue weighted by atomic mass is 32.2. The van der Waals surface area contributed by atoms with Crippen LogP contribution in [0.2, 0.25) is 0 Å². The number of aryl methyl sites for hydroxylation is 3. The Kier molecular flexibility index (Phi) is 9.89. The zero-order valence-electron chi connectivity index (χ0n) is 22.0. The van der Waals surface area contributed by atoms with Crippen LogP contribution in [0, 0.1) is 20.8 Å². The van der Waals surface area contributed by atoms with E-state index in [-0.39, 0.29) is 25.0 Å². The van der Waals surface area contributed by atoms with E-state index in [0.717, 1.165) is 39.2 Å². The Morgan fingerprint density at radius 2 is 1.54 bits per heavy atom. The molecule has 0 aliphatic carbocycles. The number of hydrogen-bond acceptors (Lipinski definition) is 4. The highest BCUT2D eigenvalue weighted by Crippen LogP contribution is 2.25. The van der Waals surface area contributed by atoms with E-state index in [1.807, 2.05) is 77.9 Å². The Balaban J connectivity index is 2.47. The van der Waals surface area contributed by atoms with Gasteiger partial charge >= 0.3 is 0 Å². The first kappa shape index (κ1) is 28.4. The maximum Gasteiger partial charge on any atom is 0.244 e. The highest BCUT2D eigenvalue weighted by Gasteiger charge is 2.32. The lowest BCUT2D eigenvalue weighted by atomic mass is 10.1. The summed E-state index contributed by atoms with van der Waals surface area (Å²) in [7, 11) is -3.75. The molecule has 2 rings (SSSR count). The molecule has 0 unspecified atom stereocenters. The van der Waals surface area contributed by atoms with E-state index >= 15 is 0 Å². The third-order valence-electron chi connectivity index (χ3n) is 6.17. The lowest BCUT2D eigenvalue weighted by molar-refractivity contribution is -0.140. The minimum atomic E-state index is -3.75. The van der Waals surface area contributed by atoms with Gasteiger partial charge in [0.1, 0.15) is 12.6 Å². The standard InChI is InChI=1S/C27H39N3O4S/c1-8-22(6)28-27(32)24(9-2)29(17-23-14-11-19(3)12-15-23)26(31)18-30(35(7,33)34)25-16-20(4)10-13-21(25)5/h10-16,22,24H,8-9,17-18H2,1-7H3,(H,28,32)/t22-,24+/m0/s1. The first-order chi connectivity index (χ1) is 16.4. The number of rotatable bonds is 11. The molecule has 2 amide bonds. The van der Waals surface area contributed by atoms with Crippen LogP contribution < -0.4 is 9.62 Å². The molecule has 1 N–H and O–H groups in total. The van der Waals surface area contributed by atoms with Crippen LogP contribution in [0.4, 0.5) is 5.69 Å². The van der Waals surface area contributed by atoms with Crippen molar-refractivity contribution in [3.63, 3.8) is 0 Å². The molecule has 0 aliphatic heterocycles. The molecular formula is C27H39N3O4S. The number of nitrogens with one attached hydrogen (secondary N) is 1. The van der Waals surface area contributed by atoms with Crippen LogP contribution in [0.25, 0.3) is 0 Å². The van der Waals surface area contributed by atoms with Gasteiger partial charge in [-0.05, 0) is 63.3 Å². The summed E-state index contributed by atoms with van der Waals surface area (Å²) >= 11 is 0. The Hall–Kier alpha value is -2.87. The van der Waals surface area contributed by atoms with Crippen molar-refractivity contribution in [3.8, 4) is 0 Å². The second kappa shape index (κ2) is 12.2. The van der Waals surface area contributed by atoms with E-state index in [2.05, 4.69) is 5.32 Å². The monoisotopic (exact) mass is 501 g/mol. The van der Waals surface area contributed by atoms with E-state index in [9.17, 15) is 18.0 Å². The van der Waals surface area contributed by atoms with Gasteiger partial charge in [-0.3, -0.25) is 13.9 Å². The molecule has 35 heavy (non-hydrogen) atoms. The number of sulfonamides is 1. The van der Waals surface area contributed by atoms with Gasteiger partial charge in [0.25, 0.3) is 0 Å². The number of anilines is 1.